The number of carbonyl (C=O) groups excluding carboxylic acids is 1. The third-order valence-electron chi connectivity index (χ3n) is 3.94. The summed E-state index contributed by atoms with van der Waals surface area (Å²) in [5, 5.41) is 0. The molecule has 0 heterocycles. The van der Waals surface area contributed by atoms with Crippen molar-refractivity contribution in [2.75, 3.05) is 13.6 Å². The van der Waals surface area contributed by atoms with Gasteiger partial charge in [-0.2, -0.15) is 0 Å². The number of carbonyl (C=O) groups is 1. The van der Waals surface area contributed by atoms with Gasteiger partial charge in [0.2, 0.25) is 0 Å². The lowest BCUT2D eigenvalue weighted by atomic mass is 10.1. The van der Waals surface area contributed by atoms with Crippen LogP contribution in [-0.4, -0.2) is 30.2 Å². The molecule has 1 amide bonds. The van der Waals surface area contributed by atoms with Crippen LogP contribution in [0.1, 0.15) is 44.4 Å². The summed E-state index contributed by atoms with van der Waals surface area (Å²) in [5.41, 5.74) is 1.71. The van der Waals surface area contributed by atoms with Gasteiger partial charge in [0, 0.05) is 18.1 Å². The standard InChI is InChI=1S/C22H28BrNO3/c1-22(2,3)27-21(25)24(4)14-13-20(18-10-6-5-7-11-18)26-16-17-9-8-12-19(23)15-17/h5-12,15,20H,13-14,16H2,1-4H3. The third kappa shape index (κ3) is 7.73. The van der Waals surface area contributed by atoms with Crippen molar-refractivity contribution in [3.63, 3.8) is 0 Å². The lowest BCUT2D eigenvalue weighted by Crippen LogP contribution is -2.35. The molecule has 0 fully saturated rings. The molecule has 0 aliphatic rings. The van der Waals surface area contributed by atoms with Gasteiger partial charge in [0.15, 0.2) is 0 Å². The van der Waals surface area contributed by atoms with Crippen molar-refractivity contribution < 1.29 is 14.3 Å². The maximum absolute atomic E-state index is 12.2. The van der Waals surface area contributed by atoms with Gasteiger partial charge in [-0.25, -0.2) is 4.79 Å². The van der Waals surface area contributed by atoms with E-state index in [-0.39, 0.29) is 12.2 Å². The van der Waals surface area contributed by atoms with Gasteiger partial charge in [-0.05, 0) is 50.5 Å². The second kappa shape index (κ2) is 9.90. The Kier molecular flexibility index (Phi) is 7.87. The fourth-order valence-electron chi connectivity index (χ4n) is 2.58. The zero-order valence-electron chi connectivity index (χ0n) is 16.4. The average Bonchev–Trinajstić information content (AvgIpc) is 2.61. The zero-order valence-corrected chi connectivity index (χ0v) is 18.0. The number of hydrogen-bond acceptors (Lipinski definition) is 3. The highest BCUT2D eigenvalue weighted by Gasteiger charge is 2.21. The van der Waals surface area contributed by atoms with E-state index in [0.29, 0.717) is 19.6 Å². The predicted octanol–water partition coefficient (Wildman–Crippen LogP) is 5.96. The van der Waals surface area contributed by atoms with Crippen molar-refractivity contribution >= 4 is 22.0 Å². The van der Waals surface area contributed by atoms with Crippen LogP contribution in [0.5, 0.6) is 0 Å². The Balaban J connectivity index is 1.99. The van der Waals surface area contributed by atoms with Crippen molar-refractivity contribution in [1.82, 2.24) is 4.90 Å². The molecule has 2 aromatic rings. The summed E-state index contributed by atoms with van der Waals surface area (Å²) < 4.78 is 12.7. The normalized spacial score (nSPS) is 12.5. The number of rotatable bonds is 7. The van der Waals surface area contributed by atoms with Crippen LogP contribution in [0.3, 0.4) is 0 Å². The van der Waals surface area contributed by atoms with Crippen LogP contribution in [-0.2, 0) is 16.1 Å². The first kappa shape index (κ1) is 21.5. The van der Waals surface area contributed by atoms with E-state index in [0.717, 1.165) is 15.6 Å². The van der Waals surface area contributed by atoms with Crippen LogP contribution >= 0.6 is 15.9 Å². The average molecular weight is 434 g/mol. The van der Waals surface area contributed by atoms with Crippen molar-refractivity contribution in [3.8, 4) is 0 Å². The first-order chi connectivity index (χ1) is 12.7. The zero-order chi connectivity index (χ0) is 19.9. The molecule has 4 nitrogen and oxygen atoms in total. The van der Waals surface area contributed by atoms with Crippen LogP contribution in [0.25, 0.3) is 0 Å². The quantitative estimate of drug-likeness (QED) is 0.540. The Hall–Kier alpha value is -1.85. The highest BCUT2D eigenvalue weighted by molar-refractivity contribution is 9.10. The van der Waals surface area contributed by atoms with Gasteiger partial charge in [0.1, 0.15) is 5.60 Å². The van der Waals surface area contributed by atoms with Crippen molar-refractivity contribution in [3.05, 3.63) is 70.2 Å². The Morgan fingerprint density at radius 2 is 1.81 bits per heavy atom. The predicted molar refractivity (Wildman–Crippen MR) is 112 cm³/mol. The Morgan fingerprint density at radius 1 is 1.11 bits per heavy atom. The molecule has 2 aromatic carbocycles. The molecule has 0 aliphatic carbocycles. The Morgan fingerprint density at radius 3 is 2.44 bits per heavy atom. The number of nitrogens with zero attached hydrogens (tertiary/aromatic N) is 1. The molecule has 0 saturated carbocycles. The molecular weight excluding hydrogens is 406 g/mol. The SMILES string of the molecule is CN(CCC(OCc1cccc(Br)c1)c1ccccc1)C(=O)OC(C)(C)C. The molecule has 1 atom stereocenters. The molecule has 0 radical (unpaired) electrons. The van der Waals surface area contributed by atoms with Crippen LogP contribution in [0.2, 0.25) is 0 Å². The number of benzene rings is 2. The van der Waals surface area contributed by atoms with Crippen LogP contribution in [0, 0.1) is 0 Å². The van der Waals surface area contributed by atoms with E-state index in [1.165, 1.54) is 0 Å². The lowest BCUT2D eigenvalue weighted by molar-refractivity contribution is 0.0137. The van der Waals surface area contributed by atoms with Crippen LogP contribution in [0.15, 0.2) is 59.1 Å². The minimum Gasteiger partial charge on any atom is -0.444 e. The van der Waals surface area contributed by atoms with E-state index in [2.05, 4.69) is 34.1 Å². The summed E-state index contributed by atoms with van der Waals surface area (Å²) in [6.07, 6.45) is 0.268. The third-order valence-corrected chi connectivity index (χ3v) is 4.44. The van der Waals surface area contributed by atoms with E-state index >= 15 is 0 Å². The van der Waals surface area contributed by atoms with Crippen molar-refractivity contribution in [1.29, 1.82) is 0 Å². The topological polar surface area (TPSA) is 38.8 Å². The smallest absolute Gasteiger partial charge is 0.410 e. The number of hydrogen-bond donors (Lipinski definition) is 0. The summed E-state index contributed by atoms with van der Waals surface area (Å²) in [6.45, 7) is 6.66. The minimum absolute atomic E-state index is 0.102. The monoisotopic (exact) mass is 433 g/mol. The number of halogens is 1. The molecule has 5 heteroatoms. The van der Waals surface area contributed by atoms with Gasteiger partial charge < -0.3 is 14.4 Å². The molecule has 0 spiro atoms. The summed E-state index contributed by atoms with van der Waals surface area (Å²) in [5.74, 6) is 0. The number of ether oxygens (including phenoxy) is 2. The molecule has 1 unspecified atom stereocenters. The van der Waals surface area contributed by atoms with E-state index in [4.69, 9.17) is 9.47 Å². The van der Waals surface area contributed by atoms with E-state index in [9.17, 15) is 4.79 Å². The highest BCUT2D eigenvalue weighted by Crippen LogP contribution is 2.24. The van der Waals surface area contributed by atoms with E-state index in [1.54, 1.807) is 11.9 Å². The summed E-state index contributed by atoms with van der Waals surface area (Å²) in [7, 11) is 1.75. The summed E-state index contributed by atoms with van der Waals surface area (Å²) in [4.78, 5) is 13.8. The number of amides is 1. The highest BCUT2D eigenvalue weighted by atomic mass is 79.9. The summed E-state index contributed by atoms with van der Waals surface area (Å²) >= 11 is 3.49. The van der Waals surface area contributed by atoms with Crippen molar-refractivity contribution in [2.24, 2.45) is 0 Å². The minimum atomic E-state index is -0.499. The van der Waals surface area contributed by atoms with E-state index < -0.39 is 5.60 Å². The molecule has 2 rings (SSSR count). The van der Waals surface area contributed by atoms with E-state index in [1.807, 2.05) is 57.2 Å². The molecule has 0 N–H and O–H groups in total. The molecule has 27 heavy (non-hydrogen) atoms. The molecule has 0 bridgehead atoms. The van der Waals surface area contributed by atoms with Gasteiger partial charge >= 0.3 is 6.09 Å². The van der Waals surface area contributed by atoms with Gasteiger partial charge in [-0.1, -0.05) is 58.4 Å². The molecule has 146 valence electrons. The Labute approximate surface area is 170 Å². The first-order valence-corrected chi connectivity index (χ1v) is 9.89. The first-order valence-electron chi connectivity index (χ1n) is 9.10. The summed E-state index contributed by atoms with van der Waals surface area (Å²) in [6, 6.07) is 18.2. The second-order valence-electron chi connectivity index (χ2n) is 7.53. The fraction of sp³-hybridized carbons (Fsp3) is 0.409. The maximum Gasteiger partial charge on any atom is 0.410 e. The lowest BCUT2D eigenvalue weighted by Gasteiger charge is -2.26. The second-order valence-corrected chi connectivity index (χ2v) is 8.45. The van der Waals surface area contributed by atoms with Crippen LogP contribution < -0.4 is 0 Å². The maximum atomic E-state index is 12.2. The largest absolute Gasteiger partial charge is 0.444 e. The van der Waals surface area contributed by atoms with Crippen LogP contribution in [0.4, 0.5) is 4.79 Å². The fourth-order valence-corrected chi connectivity index (χ4v) is 3.03. The molecule has 0 aliphatic heterocycles. The van der Waals surface area contributed by atoms with Gasteiger partial charge in [-0.3, -0.25) is 0 Å². The van der Waals surface area contributed by atoms with Gasteiger partial charge in [0.05, 0.1) is 12.7 Å². The molecular formula is C22H28BrNO3. The van der Waals surface area contributed by atoms with Crippen molar-refractivity contribution in [2.45, 2.75) is 45.5 Å². The molecule has 0 aromatic heterocycles. The van der Waals surface area contributed by atoms with Gasteiger partial charge in [-0.15, -0.1) is 0 Å². The molecule has 0 saturated heterocycles. The Bertz CT molecular complexity index is 728. The van der Waals surface area contributed by atoms with Gasteiger partial charge in [0.25, 0.3) is 0 Å².